The SMILES string of the molecule is CNCCOC(=O)c1cccnc1. The van der Waals surface area contributed by atoms with Gasteiger partial charge in [0.1, 0.15) is 6.61 Å². The highest BCUT2D eigenvalue weighted by molar-refractivity contribution is 5.88. The van der Waals surface area contributed by atoms with Gasteiger partial charge in [0.2, 0.25) is 0 Å². The highest BCUT2D eigenvalue weighted by Crippen LogP contribution is 1.97. The molecule has 0 aliphatic rings. The minimum absolute atomic E-state index is 0.330. The van der Waals surface area contributed by atoms with Gasteiger partial charge in [0, 0.05) is 18.9 Å². The first-order chi connectivity index (χ1) is 6.34. The Morgan fingerprint density at radius 1 is 1.69 bits per heavy atom. The van der Waals surface area contributed by atoms with Crippen molar-refractivity contribution in [3.63, 3.8) is 0 Å². The molecule has 1 N–H and O–H groups in total. The number of ether oxygens (including phenoxy) is 1. The molecule has 1 rings (SSSR count). The Labute approximate surface area is 76.9 Å². The Bertz CT molecular complexity index is 262. The van der Waals surface area contributed by atoms with Crippen LogP contribution in [0.15, 0.2) is 24.5 Å². The molecule has 1 aromatic heterocycles. The summed E-state index contributed by atoms with van der Waals surface area (Å²) < 4.78 is 4.93. The molecule has 0 atom stereocenters. The number of carbonyl (C=O) groups excluding carboxylic acids is 1. The minimum atomic E-state index is -0.330. The number of rotatable bonds is 4. The van der Waals surface area contributed by atoms with Crippen LogP contribution in [0, 0.1) is 0 Å². The first-order valence-electron chi connectivity index (χ1n) is 4.06. The highest BCUT2D eigenvalue weighted by Gasteiger charge is 2.04. The van der Waals surface area contributed by atoms with Gasteiger partial charge in [-0.3, -0.25) is 4.98 Å². The third-order valence-corrected chi connectivity index (χ3v) is 1.48. The number of nitrogens with zero attached hydrogens (tertiary/aromatic N) is 1. The molecular formula is C9H12N2O2. The van der Waals surface area contributed by atoms with E-state index in [2.05, 4.69) is 10.3 Å². The predicted molar refractivity (Wildman–Crippen MR) is 48.4 cm³/mol. The van der Waals surface area contributed by atoms with E-state index in [0.717, 1.165) is 0 Å². The van der Waals surface area contributed by atoms with E-state index in [1.54, 1.807) is 25.4 Å². The Hall–Kier alpha value is -1.42. The third kappa shape index (κ3) is 3.21. The lowest BCUT2D eigenvalue weighted by Gasteiger charge is -2.02. The molecule has 0 radical (unpaired) electrons. The Morgan fingerprint density at radius 3 is 3.15 bits per heavy atom. The van der Waals surface area contributed by atoms with Crippen LogP contribution in [-0.4, -0.2) is 31.2 Å². The fourth-order valence-corrected chi connectivity index (χ4v) is 0.813. The maximum absolute atomic E-state index is 11.2. The summed E-state index contributed by atoms with van der Waals surface area (Å²) >= 11 is 0. The largest absolute Gasteiger partial charge is 0.461 e. The summed E-state index contributed by atoms with van der Waals surface area (Å²) in [6.07, 6.45) is 3.10. The van der Waals surface area contributed by atoms with Crippen LogP contribution in [0.5, 0.6) is 0 Å². The number of hydrogen-bond donors (Lipinski definition) is 1. The number of esters is 1. The summed E-state index contributed by atoms with van der Waals surface area (Å²) in [5.41, 5.74) is 0.485. The fraction of sp³-hybridized carbons (Fsp3) is 0.333. The minimum Gasteiger partial charge on any atom is -0.461 e. The van der Waals surface area contributed by atoms with E-state index >= 15 is 0 Å². The molecular weight excluding hydrogens is 168 g/mol. The Morgan fingerprint density at radius 2 is 2.54 bits per heavy atom. The topological polar surface area (TPSA) is 51.2 Å². The Balaban J connectivity index is 2.40. The van der Waals surface area contributed by atoms with Gasteiger partial charge in [-0.05, 0) is 19.2 Å². The van der Waals surface area contributed by atoms with E-state index in [1.165, 1.54) is 6.20 Å². The van der Waals surface area contributed by atoms with Crippen LogP contribution < -0.4 is 5.32 Å². The second-order valence-corrected chi connectivity index (χ2v) is 2.48. The molecule has 0 bridgehead atoms. The zero-order chi connectivity index (χ0) is 9.52. The van der Waals surface area contributed by atoms with Crippen LogP contribution in [0.1, 0.15) is 10.4 Å². The van der Waals surface area contributed by atoms with Crippen molar-refractivity contribution in [2.24, 2.45) is 0 Å². The monoisotopic (exact) mass is 180 g/mol. The number of carbonyl (C=O) groups is 1. The molecule has 0 aromatic carbocycles. The molecule has 4 nitrogen and oxygen atoms in total. The summed E-state index contributed by atoms with van der Waals surface area (Å²) in [5, 5.41) is 2.88. The average molecular weight is 180 g/mol. The van der Waals surface area contributed by atoms with Crippen molar-refractivity contribution in [3.05, 3.63) is 30.1 Å². The van der Waals surface area contributed by atoms with Gasteiger partial charge in [-0.1, -0.05) is 0 Å². The summed E-state index contributed by atoms with van der Waals surface area (Å²) in [6.45, 7) is 1.04. The van der Waals surface area contributed by atoms with Gasteiger partial charge in [0.05, 0.1) is 5.56 Å². The second kappa shape index (κ2) is 5.27. The molecule has 70 valence electrons. The summed E-state index contributed by atoms with van der Waals surface area (Å²) in [5.74, 6) is -0.330. The molecule has 1 heterocycles. The fourth-order valence-electron chi connectivity index (χ4n) is 0.813. The first kappa shape index (κ1) is 9.67. The smallest absolute Gasteiger partial charge is 0.339 e. The van der Waals surface area contributed by atoms with Gasteiger partial charge in [-0.25, -0.2) is 4.79 Å². The van der Waals surface area contributed by atoms with E-state index in [4.69, 9.17) is 4.74 Å². The number of nitrogens with one attached hydrogen (secondary N) is 1. The van der Waals surface area contributed by atoms with Gasteiger partial charge in [0.15, 0.2) is 0 Å². The molecule has 4 heteroatoms. The Kier molecular flexibility index (Phi) is 3.92. The molecule has 13 heavy (non-hydrogen) atoms. The normalized spacial score (nSPS) is 9.62. The quantitative estimate of drug-likeness (QED) is 0.540. The van der Waals surface area contributed by atoms with E-state index < -0.39 is 0 Å². The van der Waals surface area contributed by atoms with Gasteiger partial charge in [-0.2, -0.15) is 0 Å². The van der Waals surface area contributed by atoms with Gasteiger partial charge in [0.25, 0.3) is 0 Å². The third-order valence-electron chi connectivity index (χ3n) is 1.48. The first-order valence-corrected chi connectivity index (χ1v) is 4.06. The van der Waals surface area contributed by atoms with Crippen molar-refractivity contribution in [1.82, 2.24) is 10.3 Å². The molecule has 0 saturated carbocycles. The van der Waals surface area contributed by atoms with Gasteiger partial charge >= 0.3 is 5.97 Å². The predicted octanol–water partition coefficient (Wildman–Crippen LogP) is 0.458. The molecule has 0 unspecified atom stereocenters. The van der Waals surface area contributed by atoms with Gasteiger partial charge < -0.3 is 10.1 Å². The molecule has 0 amide bonds. The summed E-state index contributed by atoms with van der Waals surface area (Å²) in [4.78, 5) is 15.0. The molecule has 0 saturated heterocycles. The zero-order valence-electron chi connectivity index (χ0n) is 7.49. The number of pyridine rings is 1. The standard InChI is InChI=1S/C9H12N2O2/c1-10-5-6-13-9(12)8-3-2-4-11-7-8/h2-4,7,10H,5-6H2,1H3. The highest BCUT2D eigenvalue weighted by atomic mass is 16.5. The van der Waals surface area contributed by atoms with Crippen LogP contribution >= 0.6 is 0 Å². The van der Waals surface area contributed by atoms with Crippen molar-refractivity contribution < 1.29 is 9.53 Å². The molecule has 0 fully saturated rings. The lowest BCUT2D eigenvalue weighted by Crippen LogP contribution is -2.17. The van der Waals surface area contributed by atoms with Crippen molar-refractivity contribution in [2.75, 3.05) is 20.2 Å². The van der Waals surface area contributed by atoms with E-state index in [-0.39, 0.29) is 5.97 Å². The average Bonchev–Trinajstić information content (AvgIpc) is 2.19. The van der Waals surface area contributed by atoms with Gasteiger partial charge in [-0.15, -0.1) is 0 Å². The van der Waals surface area contributed by atoms with E-state index in [1.807, 2.05) is 0 Å². The summed E-state index contributed by atoms with van der Waals surface area (Å²) in [6, 6.07) is 3.38. The summed E-state index contributed by atoms with van der Waals surface area (Å²) in [7, 11) is 1.80. The molecule has 0 spiro atoms. The van der Waals surface area contributed by atoms with E-state index in [0.29, 0.717) is 18.7 Å². The molecule has 0 aliphatic heterocycles. The van der Waals surface area contributed by atoms with Crippen LogP contribution in [-0.2, 0) is 4.74 Å². The number of likely N-dealkylation sites (N-methyl/N-ethyl adjacent to an activating group) is 1. The maximum atomic E-state index is 11.2. The number of hydrogen-bond acceptors (Lipinski definition) is 4. The van der Waals surface area contributed by atoms with Crippen molar-refractivity contribution in [1.29, 1.82) is 0 Å². The van der Waals surface area contributed by atoms with Crippen LogP contribution in [0.4, 0.5) is 0 Å². The van der Waals surface area contributed by atoms with Crippen molar-refractivity contribution >= 4 is 5.97 Å². The maximum Gasteiger partial charge on any atom is 0.339 e. The van der Waals surface area contributed by atoms with Crippen molar-refractivity contribution in [3.8, 4) is 0 Å². The lowest BCUT2D eigenvalue weighted by atomic mass is 10.3. The molecule has 0 aliphatic carbocycles. The van der Waals surface area contributed by atoms with Crippen LogP contribution in [0.25, 0.3) is 0 Å². The number of aromatic nitrogens is 1. The van der Waals surface area contributed by atoms with Crippen molar-refractivity contribution in [2.45, 2.75) is 0 Å². The second-order valence-electron chi connectivity index (χ2n) is 2.48. The van der Waals surface area contributed by atoms with Crippen LogP contribution in [0.2, 0.25) is 0 Å². The van der Waals surface area contributed by atoms with Crippen LogP contribution in [0.3, 0.4) is 0 Å². The molecule has 1 aromatic rings. The lowest BCUT2D eigenvalue weighted by molar-refractivity contribution is 0.0510. The zero-order valence-corrected chi connectivity index (χ0v) is 7.49. The van der Waals surface area contributed by atoms with E-state index in [9.17, 15) is 4.79 Å².